The monoisotopic (exact) mass is 157 g/mol. The van der Waals surface area contributed by atoms with E-state index in [9.17, 15) is 4.79 Å². The topological polar surface area (TPSA) is 44.4 Å². The molecule has 0 aliphatic carbocycles. The summed E-state index contributed by atoms with van der Waals surface area (Å²) in [5, 5.41) is 5.93. The third kappa shape index (κ3) is 3.34. The Balaban J connectivity index is 2.00. The van der Waals surface area contributed by atoms with Crippen LogP contribution in [0.2, 0.25) is 0 Å². The SMILES string of the molecule is O=CNCCN1CCNCC1. The molecule has 0 atom stereocenters. The lowest BCUT2D eigenvalue weighted by Crippen LogP contribution is -2.45. The zero-order chi connectivity index (χ0) is 7.94. The van der Waals surface area contributed by atoms with Gasteiger partial charge in [-0.25, -0.2) is 0 Å². The first kappa shape index (κ1) is 8.49. The molecular weight excluding hydrogens is 142 g/mol. The molecule has 0 aromatic rings. The van der Waals surface area contributed by atoms with Gasteiger partial charge in [0, 0.05) is 39.3 Å². The molecule has 0 bridgehead atoms. The third-order valence-corrected chi connectivity index (χ3v) is 1.87. The molecule has 0 radical (unpaired) electrons. The van der Waals surface area contributed by atoms with E-state index in [-0.39, 0.29) is 0 Å². The highest BCUT2D eigenvalue weighted by Gasteiger charge is 2.07. The number of hydrogen-bond acceptors (Lipinski definition) is 3. The van der Waals surface area contributed by atoms with Gasteiger partial charge >= 0.3 is 0 Å². The van der Waals surface area contributed by atoms with Crippen LogP contribution in [0.15, 0.2) is 0 Å². The van der Waals surface area contributed by atoms with Crippen molar-refractivity contribution in [2.45, 2.75) is 0 Å². The Kier molecular flexibility index (Phi) is 3.93. The van der Waals surface area contributed by atoms with Crippen molar-refractivity contribution in [3.05, 3.63) is 0 Å². The van der Waals surface area contributed by atoms with E-state index in [0.29, 0.717) is 0 Å². The first-order valence-corrected chi connectivity index (χ1v) is 4.03. The summed E-state index contributed by atoms with van der Waals surface area (Å²) >= 11 is 0. The fourth-order valence-corrected chi connectivity index (χ4v) is 1.22. The average molecular weight is 157 g/mol. The lowest BCUT2D eigenvalue weighted by molar-refractivity contribution is -0.109. The summed E-state index contributed by atoms with van der Waals surface area (Å²) < 4.78 is 0. The number of rotatable bonds is 4. The molecule has 1 aliphatic rings. The van der Waals surface area contributed by atoms with Crippen molar-refractivity contribution in [3.8, 4) is 0 Å². The van der Waals surface area contributed by atoms with Gasteiger partial charge in [0.05, 0.1) is 0 Å². The van der Waals surface area contributed by atoms with E-state index in [0.717, 1.165) is 45.7 Å². The second kappa shape index (κ2) is 5.09. The number of carbonyl (C=O) groups excluding carboxylic acids is 1. The van der Waals surface area contributed by atoms with Crippen molar-refractivity contribution >= 4 is 6.41 Å². The van der Waals surface area contributed by atoms with Crippen molar-refractivity contribution < 1.29 is 4.79 Å². The van der Waals surface area contributed by atoms with Gasteiger partial charge in [-0.15, -0.1) is 0 Å². The van der Waals surface area contributed by atoms with Gasteiger partial charge in [0.25, 0.3) is 0 Å². The second-order valence-electron chi connectivity index (χ2n) is 2.66. The molecule has 0 saturated carbocycles. The van der Waals surface area contributed by atoms with Gasteiger partial charge in [0.15, 0.2) is 0 Å². The minimum atomic E-state index is 0.752. The smallest absolute Gasteiger partial charge is 0.207 e. The quantitative estimate of drug-likeness (QED) is 0.391. The lowest BCUT2D eigenvalue weighted by atomic mass is 10.3. The molecule has 0 unspecified atom stereocenters. The minimum Gasteiger partial charge on any atom is -0.357 e. The summed E-state index contributed by atoms with van der Waals surface area (Å²) in [6.45, 7) is 6.08. The molecule has 0 spiro atoms. The molecule has 1 heterocycles. The minimum absolute atomic E-state index is 0.752. The molecule has 0 aromatic heterocycles. The van der Waals surface area contributed by atoms with Crippen molar-refractivity contribution in [1.82, 2.24) is 15.5 Å². The number of amides is 1. The van der Waals surface area contributed by atoms with Crippen LogP contribution in [0, 0.1) is 0 Å². The van der Waals surface area contributed by atoms with E-state index in [4.69, 9.17) is 0 Å². The molecule has 1 saturated heterocycles. The average Bonchev–Trinajstić information content (AvgIpc) is 2.07. The van der Waals surface area contributed by atoms with E-state index in [1.54, 1.807) is 0 Å². The first-order valence-electron chi connectivity index (χ1n) is 4.03. The van der Waals surface area contributed by atoms with Gasteiger partial charge in [-0.1, -0.05) is 0 Å². The van der Waals surface area contributed by atoms with Crippen LogP contribution in [0.5, 0.6) is 0 Å². The summed E-state index contributed by atoms with van der Waals surface area (Å²) in [7, 11) is 0. The Morgan fingerprint density at radius 1 is 1.45 bits per heavy atom. The molecule has 1 aliphatic heterocycles. The summed E-state index contributed by atoms with van der Waals surface area (Å²) in [6, 6.07) is 0. The van der Waals surface area contributed by atoms with Gasteiger partial charge in [0.1, 0.15) is 0 Å². The van der Waals surface area contributed by atoms with E-state index >= 15 is 0 Å². The highest BCUT2D eigenvalue weighted by atomic mass is 16.1. The predicted octanol–water partition coefficient (Wildman–Crippen LogP) is -1.36. The predicted molar refractivity (Wildman–Crippen MR) is 43.4 cm³/mol. The highest BCUT2D eigenvalue weighted by molar-refractivity contribution is 5.45. The normalized spacial score (nSPS) is 19.6. The molecule has 11 heavy (non-hydrogen) atoms. The number of hydrogen-bond donors (Lipinski definition) is 2. The van der Waals surface area contributed by atoms with E-state index in [2.05, 4.69) is 15.5 Å². The third-order valence-electron chi connectivity index (χ3n) is 1.87. The molecule has 4 nitrogen and oxygen atoms in total. The molecule has 4 heteroatoms. The number of nitrogens with one attached hydrogen (secondary N) is 2. The van der Waals surface area contributed by atoms with Gasteiger partial charge in [-0.3, -0.25) is 9.69 Å². The number of piperazine rings is 1. The van der Waals surface area contributed by atoms with Crippen LogP contribution in [0.3, 0.4) is 0 Å². The fraction of sp³-hybridized carbons (Fsp3) is 0.857. The molecule has 64 valence electrons. The van der Waals surface area contributed by atoms with Crippen LogP contribution in [0.4, 0.5) is 0 Å². The van der Waals surface area contributed by atoms with Gasteiger partial charge in [-0.05, 0) is 0 Å². The maximum atomic E-state index is 9.90. The van der Waals surface area contributed by atoms with E-state index in [1.165, 1.54) is 0 Å². The Labute approximate surface area is 66.9 Å². The lowest BCUT2D eigenvalue weighted by Gasteiger charge is -2.26. The highest BCUT2D eigenvalue weighted by Crippen LogP contribution is 1.89. The van der Waals surface area contributed by atoms with Crippen molar-refractivity contribution in [2.75, 3.05) is 39.3 Å². The summed E-state index contributed by atoms with van der Waals surface area (Å²) in [6.07, 6.45) is 0.752. The summed E-state index contributed by atoms with van der Waals surface area (Å²) in [5.41, 5.74) is 0. The van der Waals surface area contributed by atoms with Crippen LogP contribution in [-0.2, 0) is 4.79 Å². The maximum absolute atomic E-state index is 9.90. The Hall–Kier alpha value is -0.610. The fourth-order valence-electron chi connectivity index (χ4n) is 1.22. The number of nitrogens with zero attached hydrogens (tertiary/aromatic N) is 1. The van der Waals surface area contributed by atoms with Crippen LogP contribution in [-0.4, -0.2) is 50.6 Å². The standard InChI is InChI=1S/C7H15N3O/c11-7-9-3-6-10-4-1-8-2-5-10/h7-8H,1-6H2,(H,9,11). The van der Waals surface area contributed by atoms with E-state index in [1.807, 2.05) is 0 Å². The second-order valence-corrected chi connectivity index (χ2v) is 2.66. The molecular formula is C7H15N3O. The molecule has 0 aromatic carbocycles. The summed E-state index contributed by atoms with van der Waals surface area (Å²) in [5.74, 6) is 0. The van der Waals surface area contributed by atoms with Crippen molar-refractivity contribution in [2.24, 2.45) is 0 Å². The molecule has 2 N–H and O–H groups in total. The largest absolute Gasteiger partial charge is 0.357 e. The maximum Gasteiger partial charge on any atom is 0.207 e. The molecule has 1 amide bonds. The van der Waals surface area contributed by atoms with Crippen LogP contribution in [0.1, 0.15) is 0 Å². The van der Waals surface area contributed by atoms with Crippen molar-refractivity contribution in [1.29, 1.82) is 0 Å². The zero-order valence-corrected chi connectivity index (χ0v) is 6.68. The number of carbonyl (C=O) groups is 1. The van der Waals surface area contributed by atoms with Gasteiger partial charge < -0.3 is 10.6 Å². The summed E-state index contributed by atoms with van der Waals surface area (Å²) in [4.78, 5) is 12.2. The molecule has 1 rings (SSSR count). The van der Waals surface area contributed by atoms with Crippen LogP contribution in [0.25, 0.3) is 0 Å². The Bertz CT molecular complexity index is 112. The van der Waals surface area contributed by atoms with Gasteiger partial charge in [0.2, 0.25) is 6.41 Å². The van der Waals surface area contributed by atoms with E-state index < -0.39 is 0 Å². The van der Waals surface area contributed by atoms with Crippen LogP contribution >= 0.6 is 0 Å². The Morgan fingerprint density at radius 3 is 2.82 bits per heavy atom. The molecule has 1 fully saturated rings. The van der Waals surface area contributed by atoms with Crippen LogP contribution < -0.4 is 10.6 Å². The van der Waals surface area contributed by atoms with Gasteiger partial charge in [-0.2, -0.15) is 0 Å². The first-order chi connectivity index (χ1) is 5.43. The zero-order valence-electron chi connectivity index (χ0n) is 6.68. The van der Waals surface area contributed by atoms with Crippen molar-refractivity contribution in [3.63, 3.8) is 0 Å². The Morgan fingerprint density at radius 2 is 2.18 bits per heavy atom.